The molecule has 0 saturated carbocycles. The minimum Gasteiger partial charge on any atom is -0.398 e. The van der Waals surface area contributed by atoms with E-state index in [1.54, 1.807) is 0 Å². The van der Waals surface area contributed by atoms with E-state index >= 15 is 0 Å². The second kappa shape index (κ2) is 4.96. The molecule has 0 aliphatic carbocycles. The molecular weight excluding hydrogens is 274 g/mol. The highest BCUT2D eigenvalue weighted by Crippen LogP contribution is 2.30. The SMILES string of the molecule is Nc1cc(-c2ccc3ccccc3c2)ccc1-c1nn[nH]n1. The van der Waals surface area contributed by atoms with Gasteiger partial charge in [-0.1, -0.05) is 42.5 Å². The molecule has 4 aromatic rings. The monoisotopic (exact) mass is 287 g/mol. The van der Waals surface area contributed by atoms with Gasteiger partial charge in [-0.15, -0.1) is 10.2 Å². The Hall–Kier alpha value is -3.21. The second-order valence-corrected chi connectivity index (χ2v) is 5.10. The second-order valence-electron chi connectivity index (χ2n) is 5.10. The van der Waals surface area contributed by atoms with E-state index in [0.717, 1.165) is 16.7 Å². The van der Waals surface area contributed by atoms with Crippen molar-refractivity contribution in [1.29, 1.82) is 0 Å². The van der Waals surface area contributed by atoms with E-state index in [1.165, 1.54) is 10.8 Å². The van der Waals surface area contributed by atoms with Gasteiger partial charge in [-0.25, -0.2) is 0 Å². The first-order valence-electron chi connectivity index (χ1n) is 6.94. The van der Waals surface area contributed by atoms with Crippen LogP contribution in [-0.2, 0) is 0 Å². The first-order valence-corrected chi connectivity index (χ1v) is 6.94. The molecule has 0 radical (unpaired) electrons. The molecule has 1 heterocycles. The fourth-order valence-corrected chi connectivity index (χ4v) is 2.59. The number of aromatic nitrogens is 4. The van der Waals surface area contributed by atoms with Gasteiger partial charge in [0.25, 0.3) is 0 Å². The third-order valence-electron chi connectivity index (χ3n) is 3.72. The van der Waals surface area contributed by atoms with Gasteiger partial charge in [0.1, 0.15) is 0 Å². The summed E-state index contributed by atoms with van der Waals surface area (Å²) in [5, 5.41) is 16.4. The van der Waals surface area contributed by atoms with Crippen molar-refractivity contribution < 1.29 is 0 Å². The summed E-state index contributed by atoms with van der Waals surface area (Å²) in [6.07, 6.45) is 0. The van der Waals surface area contributed by atoms with Gasteiger partial charge < -0.3 is 5.73 Å². The Labute approximate surface area is 126 Å². The van der Waals surface area contributed by atoms with E-state index < -0.39 is 0 Å². The molecule has 106 valence electrons. The molecule has 0 spiro atoms. The van der Waals surface area contributed by atoms with Crippen LogP contribution in [0.1, 0.15) is 0 Å². The number of hydrogen-bond donors (Lipinski definition) is 2. The lowest BCUT2D eigenvalue weighted by atomic mass is 9.99. The van der Waals surface area contributed by atoms with Crippen molar-refractivity contribution in [3.63, 3.8) is 0 Å². The topological polar surface area (TPSA) is 80.5 Å². The molecule has 3 N–H and O–H groups in total. The Morgan fingerprint density at radius 3 is 2.36 bits per heavy atom. The lowest BCUT2D eigenvalue weighted by Gasteiger charge is -2.07. The highest BCUT2D eigenvalue weighted by Gasteiger charge is 2.09. The molecule has 4 rings (SSSR count). The quantitative estimate of drug-likeness (QED) is 0.554. The number of benzene rings is 3. The summed E-state index contributed by atoms with van der Waals surface area (Å²) in [6, 6.07) is 20.6. The summed E-state index contributed by atoms with van der Waals surface area (Å²) < 4.78 is 0. The Balaban J connectivity index is 1.80. The summed E-state index contributed by atoms with van der Waals surface area (Å²) in [7, 11) is 0. The van der Waals surface area contributed by atoms with E-state index in [2.05, 4.69) is 51.0 Å². The number of nitrogens with zero attached hydrogens (tertiary/aromatic N) is 3. The molecule has 5 heteroatoms. The van der Waals surface area contributed by atoms with Crippen LogP contribution in [0.15, 0.2) is 60.7 Å². The molecule has 0 amide bonds. The molecular formula is C17H13N5. The predicted octanol–water partition coefficient (Wildman–Crippen LogP) is 3.27. The third-order valence-corrected chi connectivity index (χ3v) is 3.72. The minimum absolute atomic E-state index is 0.502. The van der Waals surface area contributed by atoms with Gasteiger partial charge >= 0.3 is 0 Å². The number of fused-ring (bicyclic) bond motifs is 1. The fraction of sp³-hybridized carbons (Fsp3) is 0. The van der Waals surface area contributed by atoms with Crippen molar-refractivity contribution in [2.24, 2.45) is 0 Å². The lowest BCUT2D eigenvalue weighted by molar-refractivity contribution is 0.881. The zero-order chi connectivity index (χ0) is 14.9. The van der Waals surface area contributed by atoms with Crippen LogP contribution in [0.2, 0.25) is 0 Å². The van der Waals surface area contributed by atoms with E-state index in [1.807, 2.05) is 30.3 Å². The zero-order valence-corrected chi connectivity index (χ0v) is 11.7. The molecule has 0 aliphatic rings. The Kier molecular flexibility index (Phi) is 2.83. The van der Waals surface area contributed by atoms with Crippen LogP contribution in [0.5, 0.6) is 0 Å². The number of anilines is 1. The molecule has 0 aliphatic heterocycles. The molecule has 0 atom stereocenters. The lowest BCUT2D eigenvalue weighted by Crippen LogP contribution is -1.92. The first-order chi connectivity index (χ1) is 10.8. The maximum atomic E-state index is 6.14. The Morgan fingerprint density at radius 2 is 1.59 bits per heavy atom. The third kappa shape index (κ3) is 2.09. The van der Waals surface area contributed by atoms with Crippen molar-refractivity contribution in [1.82, 2.24) is 20.6 Å². The van der Waals surface area contributed by atoms with Crippen molar-refractivity contribution >= 4 is 16.5 Å². The summed E-state index contributed by atoms with van der Waals surface area (Å²) >= 11 is 0. The Bertz CT molecular complexity index is 944. The van der Waals surface area contributed by atoms with Gasteiger partial charge in [0.15, 0.2) is 0 Å². The summed E-state index contributed by atoms with van der Waals surface area (Å²) in [4.78, 5) is 0. The Morgan fingerprint density at radius 1 is 0.818 bits per heavy atom. The molecule has 0 saturated heterocycles. The van der Waals surface area contributed by atoms with E-state index in [4.69, 9.17) is 5.73 Å². The van der Waals surface area contributed by atoms with Gasteiger partial charge in [0, 0.05) is 11.3 Å². The number of nitrogens with one attached hydrogen (secondary N) is 1. The van der Waals surface area contributed by atoms with Crippen molar-refractivity contribution in [3.05, 3.63) is 60.7 Å². The molecule has 1 aromatic heterocycles. The molecule has 5 nitrogen and oxygen atoms in total. The molecule has 22 heavy (non-hydrogen) atoms. The normalized spacial score (nSPS) is 10.9. The smallest absolute Gasteiger partial charge is 0.206 e. The van der Waals surface area contributed by atoms with Crippen LogP contribution < -0.4 is 5.73 Å². The number of H-pyrrole nitrogens is 1. The summed E-state index contributed by atoms with van der Waals surface area (Å²) in [6.45, 7) is 0. The van der Waals surface area contributed by atoms with Crippen LogP contribution in [0.4, 0.5) is 5.69 Å². The van der Waals surface area contributed by atoms with E-state index in [0.29, 0.717) is 11.5 Å². The number of nitrogen functional groups attached to an aromatic ring is 1. The number of aromatic amines is 1. The highest BCUT2D eigenvalue weighted by atomic mass is 15.5. The van der Waals surface area contributed by atoms with Crippen molar-refractivity contribution in [2.45, 2.75) is 0 Å². The van der Waals surface area contributed by atoms with Crippen molar-refractivity contribution in [3.8, 4) is 22.5 Å². The van der Waals surface area contributed by atoms with Gasteiger partial charge in [-0.2, -0.15) is 5.21 Å². The van der Waals surface area contributed by atoms with Crippen LogP contribution in [0.3, 0.4) is 0 Å². The molecule has 0 unspecified atom stereocenters. The standard InChI is InChI=1S/C17H13N5/c18-16-10-14(7-8-15(16)17-19-21-22-20-17)13-6-5-11-3-1-2-4-12(11)9-13/h1-10H,18H2,(H,19,20,21,22). The fourth-order valence-electron chi connectivity index (χ4n) is 2.59. The molecule has 3 aromatic carbocycles. The van der Waals surface area contributed by atoms with Gasteiger partial charge in [-0.3, -0.25) is 0 Å². The van der Waals surface area contributed by atoms with Crippen LogP contribution in [0, 0.1) is 0 Å². The maximum absolute atomic E-state index is 6.14. The maximum Gasteiger partial charge on any atom is 0.206 e. The van der Waals surface area contributed by atoms with Gasteiger partial charge in [0.05, 0.1) is 0 Å². The highest BCUT2D eigenvalue weighted by molar-refractivity contribution is 5.88. The zero-order valence-electron chi connectivity index (χ0n) is 11.7. The summed E-state index contributed by atoms with van der Waals surface area (Å²) in [5.41, 5.74) is 9.74. The average Bonchev–Trinajstić information content (AvgIpc) is 3.08. The number of rotatable bonds is 2. The largest absolute Gasteiger partial charge is 0.398 e. The number of hydrogen-bond acceptors (Lipinski definition) is 4. The van der Waals surface area contributed by atoms with Gasteiger partial charge in [-0.05, 0) is 45.3 Å². The molecule has 0 fully saturated rings. The van der Waals surface area contributed by atoms with Crippen LogP contribution >= 0.6 is 0 Å². The number of tetrazole rings is 1. The average molecular weight is 287 g/mol. The predicted molar refractivity (Wildman–Crippen MR) is 87.0 cm³/mol. The number of nitrogens with two attached hydrogens (primary N) is 1. The van der Waals surface area contributed by atoms with Gasteiger partial charge in [0.2, 0.25) is 5.82 Å². The summed E-state index contributed by atoms with van der Waals surface area (Å²) in [5.74, 6) is 0.502. The van der Waals surface area contributed by atoms with E-state index in [-0.39, 0.29) is 0 Å². The van der Waals surface area contributed by atoms with Crippen LogP contribution in [-0.4, -0.2) is 20.6 Å². The molecule has 0 bridgehead atoms. The first kappa shape index (κ1) is 12.5. The van der Waals surface area contributed by atoms with Crippen LogP contribution in [0.25, 0.3) is 33.3 Å². The van der Waals surface area contributed by atoms with Crippen molar-refractivity contribution in [2.75, 3.05) is 5.73 Å². The van der Waals surface area contributed by atoms with E-state index in [9.17, 15) is 0 Å². The minimum atomic E-state index is 0.502.